The minimum atomic E-state index is -0.634. The lowest BCUT2D eigenvalue weighted by atomic mass is 10.1. The van der Waals surface area contributed by atoms with Crippen molar-refractivity contribution in [2.45, 2.75) is 25.4 Å². The molecule has 176 valence electrons. The van der Waals surface area contributed by atoms with E-state index in [1.807, 2.05) is 25.1 Å². The topological polar surface area (TPSA) is 131 Å². The number of methoxy groups -OCH3 is 1. The number of anilines is 1. The summed E-state index contributed by atoms with van der Waals surface area (Å²) in [5.41, 5.74) is 8.67. The van der Waals surface area contributed by atoms with Crippen LogP contribution in [-0.4, -0.2) is 69.8 Å². The number of imidazole rings is 1. The van der Waals surface area contributed by atoms with E-state index in [9.17, 15) is 9.59 Å². The number of fused-ring (bicyclic) bond motifs is 1. The number of hydrogen-bond acceptors (Lipinski definition) is 6. The number of aromatic amines is 1. The maximum atomic E-state index is 12.4. The van der Waals surface area contributed by atoms with Crippen LogP contribution in [0.15, 0.2) is 30.9 Å². The number of carbonyl (C=O) groups is 2. The molecular weight excluding hydrogens is 434 g/mol. The Morgan fingerprint density at radius 1 is 1.41 bits per heavy atom. The van der Waals surface area contributed by atoms with Crippen molar-refractivity contribution in [3.05, 3.63) is 53.5 Å². The van der Waals surface area contributed by atoms with Crippen LogP contribution in [0.5, 0.6) is 0 Å². The largest absolute Gasteiger partial charge is 0.383 e. The second-order valence-corrected chi connectivity index (χ2v) is 8.13. The Balaban J connectivity index is 1.72. The van der Waals surface area contributed by atoms with Crippen molar-refractivity contribution >= 4 is 28.7 Å². The molecule has 10 heteroatoms. The molecule has 0 radical (unpaired) electrons. The average Bonchev–Trinajstić information content (AvgIpc) is 3.50. The van der Waals surface area contributed by atoms with Gasteiger partial charge in [0, 0.05) is 26.3 Å². The van der Waals surface area contributed by atoms with Crippen molar-refractivity contribution in [1.82, 2.24) is 24.6 Å². The fourth-order valence-electron chi connectivity index (χ4n) is 4.41. The minimum absolute atomic E-state index is 0.134. The number of nitrogens with two attached hydrogens (primary N) is 1. The van der Waals surface area contributed by atoms with E-state index in [1.54, 1.807) is 23.7 Å². The molecule has 0 aliphatic carbocycles. The third-order valence-corrected chi connectivity index (χ3v) is 5.87. The van der Waals surface area contributed by atoms with Gasteiger partial charge in [0.1, 0.15) is 17.2 Å². The number of rotatable bonds is 6. The smallest absolute Gasteiger partial charge is 0.255 e. The lowest BCUT2D eigenvalue weighted by molar-refractivity contribution is -0.127. The Morgan fingerprint density at radius 3 is 2.88 bits per heavy atom. The standard InChI is InChI=1S/C24H27N7O3/c1-5-21(32)30-12-16(11-17(30)13-34-4)31-24(26-3)22(23(25)33)19(29-31)9-7-15-6-8-18-20(10-15)28-14(2)27-18/h5-6,8,10,16-17,26H,1,11-13H2,2-4H3,(H2,25,33)(H,27,28)/t16-,17+/m0/s1. The molecule has 1 aromatic carbocycles. The predicted molar refractivity (Wildman–Crippen MR) is 128 cm³/mol. The molecule has 2 aromatic heterocycles. The van der Waals surface area contributed by atoms with Gasteiger partial charge in [-0.2, -0.15) is 5.10 Å². The van der Waals surface area contributed by atoms with Gasteiger partial charge in [-0.05, 0) is 43.5 Å². The molecule has 1 aliphatic heterocycles. The molecule has 4 N–H and O–H groups in total. The molecular formula is C24H27N7O3. The van der Waals surface area contributed by atoms with Crippen molar-refractivity contribution in [2.75, 3.05) is 32.6 Å². The summed E-state index contributed by atoms with van der Waals surface area (Å²) < 4.78 is 7.00. The number of aromatic nitrogens is 4. The van der Waals surface area contributed by atoms with Gasteiger partial charge in [-0.25, -0.2) is 9.67 Å². The number of aryl methyl sites for hydroxylation is 1. The van der Waals surface area contributed by atoms with Crippen LogP contribution in [0.4, 0.5) is 5.82 Å². The van der Waals surface area contributed by atoms with E-state index >= 15 is 0 Å². The first kappa shape index (κ1) is 23.1. The van der Waals surface area contributed by atoms with Crippen LogP contribution in [-0.2, 0) is 9.53 Å². The van der Waals surface area contributed by atoms with Gasteiger partial charge in [0.25, 0.3) is 5.91 Å². The first-order chi connectivity index (χ1) is 16.4. The number of nitrogens with zero attached hydrogens (tertiary/aromatic N) is 4. The molecule has 3 aromatic rings. The Kier molecular flexibility index (Phi) is 6.38. The molecule has 0 bridgehead atoms. The quantitative estimate of drug-likeness (QED) is 0.377. The molecule has 1 aliphatic rings. The summed E-state index contributed by atoms with van der Waals surface area (Å²) in [4.78, 5) is 34.0. The van der Waals surface area contributed by atoms with E-state index in [1.165, 1.54) is 6.08 Å². The summed E-state index contributed by atoms with van der Waals surface area (Å²) in [6, 6.07) is 5.32. The van der Waals surface area contributed by atoms with Crippen LogP contribution in [0.3, 0.4) is 0 Å². The number of primary amides is 1. The molecule has 2 amide bonds. The van der Waals surface area contributed by atoms with Gasteiger partial charge in [0.05, 0.1) is 29.7 Å². The molecule has 0 unspecified atom stereocenters. The monoisotopic (exact) mass is 461 g/mol. The Hall–Kier alpha value is -4.10. The highest BCUT2D eigenvalue weighted by Crippen LogP contribution is 2.32. The number of benzene rings is 1. The zero-order valence-corrected chi connectivity index (χ0v) is 19.4. The SMILES string of the molecule is C=CC(=O)N1C[C@@H](n2nc(C#Cc3ccc4nc(C)[nH]c4c3)c(C(N)=O)c2NC)C[C@@H]1COC. The van der Waals surface area contributed by atoms with E-state index in [-0.39, 0.29) is 29.2 Å². The van der Waals surface area contributed by atoms with E-state index in [4.69, 9.17) is 10.5 Å². The number of nitrogens with one attached hydrogen (secondary N) is 2. The van der Waals surface area contributed by atoms with Gasteiger partial charge < -0.3 is 25.7 Å². The van der Waals surface area contributed by atoms with Gasteiger partial charge in [-0.3, -0.25) is 9.59 Å². The second kappa shape index (κ2) is 9.41. The van der Waals surface area contributed by atoms with E-state index in [0.29, 0.717) is 25.4 Å². The first-order valence-electron chi connectivity index (χ1n) is 10.9. The van der Waals surface area contributed by atoms with E-state index in [0.717, 1.165) is 22.4 Å². The summed E-state index contributed by atoms with van der Waals surface area (Å²) in [5, 5.41) is 7.67. The number of H-pyrrole nitrogens is 1. The molecule has 0 saturated carbocycles. The molecule has 4 rings (SSSR count). The molecule has 1 saturated heterocycles. The predicted octanol–water partition coefficient (Wildman–Crippen LogP) is 1.58. The maximum absolute atomic E-state index is 12.4. The molecule has 3 heterocycles. The highest BCUT2D eigenvalue weighted by atomic mass is 16.5. The zero-order valence-electron chi connectivity index (χ0n) is 19.4. The van der Waals surface area contributed by atoms with Gasteiger partial charge in [0.15, 0.2) is 5.69 Å². The summed E-state index contributed by atoms with van der Waals surface area (Å²) in [6.07, 6.45) is 1.89. The maximum Gasteiger partial charge on any atom is 0.255 e. The molecule has 0 spiro atoms. The van der Waals surface area contributed by atoms with Crippen LogP contribution in [0.25, 0.3) is 11.0 Å². The average molecular weight is 462 g/mol. The molecule has 10 nitrogen and oxygen atoms in total. The lowest BCUT2D eigenvalue weighted by Gasteiger charge is -2.22. The van der Waals surface area contributed by atoms with Crippen molar-refractivity contribution in [2.24, 2.45) is 5.73 Å². The van der Waals surface area contributed by atoms with Gasteiger partial charge in [-0.15, -0.1) is 0 Å². The van der Waals surface area contributed by atoms with Crippen LogP contribution >= 0.6 is 0 Å². The van der Waals surface area contributed by atoms with Crippen LogP contribution in [0.2, 0.25) is 0 Å². The van der Waals surface area contributed by atoms with Gasteiger partial charge in [-0.1, -0.05) is 12.5 Å². The van der Waals surface area contributed by atoms with Crippen LogP contribution in [0, 0.1) is 18.8 Å². The summed E-state index contributed by atoms with van der Waals surface area (Å²) >= 11 is 0. The normalized spacial score (nSPS) is 17.4. The van der Waals surface area contributed by atoms with Gasteiger partial charge in [0.2, 0.25) is 5.91 Å². The lowest BCUT2D eigenvalue weighted by Crippen LogP contribution is -2.37. The fourth-order valence-corrected chi connectivity index (χ4v) is 4.41. The van der Waals surface area contributed by atoms with Crippen molar-refractivity contribution in [3.63, 3.8) is 0 Å². The minimum Gasteiger partial charge on any atom is -0.383 e. The molecule has 2 atom stereocenters. The zero-order chi connectivity index (χ0) is 24.4. The molecule has 1 fully saturated rings. The molecule has 34 heavy (non-hydrogen) atoms. The highest BCUT2D eigenvalue weighted by molar-refractivity contribution is 6.00. The number of likely N-dealkylation sites (tertiary alicyclic amines) is 1. The highest BCUT2D eigenvalue weighted by Gasteiger charge is 2.37. The third kappa shape index (κ3) is 4.25. The van der Waals surface area contributed by atoms with Crippen molar-refractivity contribution < 1.29 is 14.3 Å². The van der Waals surface area contributed by atoms with Crippen molar-refractivity contribution in [3.8, 4) is 11.8 Å². The Bertz CT molecular complexity index is 1330. The summed E-state index contributed by atoms with van der Waals surface area (Å²) in [5.74, 6) is 6.55. The first-order valence-corrected chi connectivity index (χ1v) is 10.9. The fraction of sp³-hybridized carbons (Fsp3) is 0.333. The van der Waals surface area contributed by atoms with E-state index in [2.05, 4.69) is 38.8 Å². The van der Waals surface area contributed by atoms with Gasteiger partial charge >= 0.3 is 0 Å². The Labute approximate surface area is 197 Å². The Morgan fingerprint density at radius 2 is 2.21 bits per heavy atom. The van der Waals surface area contributed by atoms with E-state index < -0.39 is 5.91 Å². The van der Waals surface area contributed by atoms with Crippen LogP contribution in [0.1, 0.15) is 39.9 Å². The van der Waals surface area contributed by atoms with Crippen LogP contribution < -0.4 is 11.1 Å². The summed E-state index contributed by atoms with van der Waals surface area (Å²) in [6.45, 7) is 6.27. The second-order valence-electron chi connectivity index (χ2n) is 8.13. The number of ether oxygens (including phenoxy) is 1. The third-order valence-electron chi connectivity index (χ3n) is 5.87. The number of hydrogen-bond donors (Lipinski definition) is 3. The summed E-state index contributed by atoms with van der Waals surface area (Å²) in [7, 11) is 3.29. The number of amides is 2. The number of carbonyl (C=O) groups excluding carboxylic acids is 2. The van der Waals surface area contributed by atoms with Crippen molar-refractivity contribution in [1.29, 1.82) is 0 Å².